The molecule has 0 fully saturated rings. The molecule has 2 nitrogen and oxygen atoms in total. The van der Waals surface area contributed by atoms with E-state index in [0.29, 0.717) is 0 Å². The van der Waals surface area contributed by atoms with Gasteiger partial charge in [0.1, 0.15) is 0 Å². The number of aryl methyl sites for hydroxylation is 1. The number of para-hydroxylation sites is 1. The van der Waals surface area contributed by atoms with E-state index < -0.39 is 0 Å². The monoisotopic (exact) mass is 261 g/mol. The average Bonchev–Trinajstić information content (AvgIpc) is 1.93. The van der Waals surface area contributed by atoms with Crippen LogP contribution in [0, 0.1) is 6.92 Å². The molecule has 1 amide bonds. The van der Waals surface area contributed by atoms with Crippen molar-refractivity contribution in [3.63, 3.8) is 0 Å². The minimum Gasteiger partial charge on any atom is -0.317 e. The number of nitrogens with one attached hydrogen (secondary N) is 1. The van der Waals surface area contributed by atoms with Gasteiger partial charge in [0.2, 0.25) is 0 Å². The van der Waals surface area contributed by atoms with Gasteiger partial charge >= 0.3 is 0 Å². The number of amides is 1. The lowest BCUT2D eigenvalue weighted by molar-refractivity contribution is 0.272. The summed E-state index contributed by atoms with van der Waals surface area (Å²) in [5.41, 5.74) is 1.96. The number of carbonyl (C=O) groups is 1. The lowest BCUT2D eigenvalue weighted by Gasteiger charge is -2.03. The van der Waals surface area contributed by atoms with Gasteiger partial charge in [0.15, 0.2) is 0 Å². The Morgan fingerprint density at radius 3 is 2.64 bits per heavy atom. The zero-order valence-corrected chi connectivity index (χ0v) is 8.25. The number of hydrogen-bond acceptors (Lipinski definition) is 1. The molecule has 1 aromatic rings. The molecular weight excluding hydrogens is 253 g/mol. The first-order valence-corrected chi connectivity index (χ1v) is 4.30. The highest BCUT2D eigenvalue weighted by molar-refractivity contribution is 14.1. The van der Waals surface area contributed by atoms with Gasteiger partial charge in [-0.1, -0.05) is 18.2 Å². The summed E-state index contributed by atoms with van der Waals surface area (Å²) in [6.45, 7) is 1.96. The Balaban J connectivity index is 2.86. The van der Waals surface area contributed by atoms with Crippen LogP contribution in [0.25, 0.3) is 0 Å². The summed E-state index contributed by atoms with van der Waals surface area (Å²) in [5, 5.41) is 2.72. The first-order chi connectivity index (χ1) is 5.20. The predicted octanol–water partition coefficient (Wildman–Crippen LogP) is 2.96. The van der Waals surface area contributed by atoms with Crippen molar-refractivity contribution in [3.05, 3.63) is 29.8 Å². The Hall–Kier alpha value is -0.580. The maximum absolute atomic E-state index is 10.6. The van der Waals surface area contributed by atoms with Gasteiger partial charge in [-0.25, -0.2) is 0 Å². The second-order valence-electron chi connectivity index (χ2n) is 2.21. The van der Waals surface area contributed by atoms with Gasteiger partial charge in [-0.3, -0.25) is 4.79 Å². The minimum atomic E-state index is -0.0584. The third kappa shape index (κ3) is 2.49. The maximum atomic E-state index is 10.6. The molecule has 1 aromatic carbocycles. The van der Waals surface area contributed by atoms with E-state index in [0.717, 1.165) is 11.3 Å². The molecule has 0 unspecified atom stereocenters. The van der Waals surface area contributed by atoms with E-state index in [1.54, 1.807) is 22.6 Å². The summed E-state index contributed by atoms with van der Waals surface area (Å²) in [5.74, 6) is 0. The summed E-state index contributed by atoms with van der Waals surface area (Å²) in [6, 6.07) is 7.68. The number of anilines is 1. The van der Waals surface area contributed by atoms with Crippen molar-refractivity contribution in [1.82, 2.24) is 0 Å². The molecule has 0 atom stereocenters. The van der Waals surface area contributed by atoms with Crippen molar-refractivity contribution in [2.75, 3.05) is 5.32 Å². The first-order valence-electron chi connectivity index (χ1n) is 3.22. The van der Waals surface area contributed by atoms with Crippen molar-refractivity contribution in [2.24, 2.45) is 0 Å². The van der Waals surface area contributed by atoms with Crippen molar-refractivity contribution < 1.29 is 4.79 Å². The first kappa shape index (κ1) is 8.52. The van der Waals surface area contributed by atoms with Crippen LogP contribution in [0.1, 0.15) is 5.56 Å². The Morgan fingerprint density at radius 2 is 2.09 bits per heavy atom. The third-order valence-electron chi connectivity index (χ3n) is 1.38. The Morgan fingerprint density at radius 1 is 1.45 bits per heavy atom. The summed E-state index contributed by atoms with van der Waals surface area (Å²) >= 11 is 1.71. The summed E-state index contributed by atoms with van der Waals surface area (Å²) in [6.07, 6.45) is 0. The van der Waals surface area contributed by atoms with Gasteiger partial charge in [0, 0.05) is 28.3 Å². The molecular formula is C8H8INO. The van der Waals surface area contributed by atoms with E-state index in [-0.39, 0.29) is 3.91 Å². The fourth-order valence-electron chi connectivity index (χ4n) is 0.819. The summed E-state index contributed by atoms with van der Waals surface area (Å²) < 4.78 is -0.0584. The molecule has 58 valence electrons. The third-order valence-corrected chi connectivity index (χ3v) is 1.65. The second kappa shape index (κ2) is 3.71. The fourth-order valence-corrected chi connectivity index (χ4v) is 1.11. The maximum Gasteiger partial charge on any atom is 0.284 e. The molecule has 0 heterocycles. The predicted molar refractivity (Wildman–Crippen MR) is 54.2 cm³/mol. The molecule has 0 saturated carbocycles. The smallest absolute Gasteiger partial charge is 0.284 e. The van der Waals surface area contributed by atoms with Crippen LogP contribution in [0.4, 0.5) is 10.5 Å². The van der Waals surface area contributed by atoms with Crippen molar-refractivity contribution in [2.45, 2.75) is 6.92 Å². The quantitative estimate of drug-likeness (QED) is 0.470. The summed E-state index contributed by atoms with van der Waals surface area (Å²) in [7, 11) is 0. The Bertz CT molecular complexity index is 273. The molecule has 3 heteroatoms. The van der Waals surface area contributed by atoms with Gasteiger partial charge in [-0.2, -0.15) is 0 Å². The lowest BCUT2D eigenvalue weighted by Crippen LogP contribution is -2.01. The van der Waals surface area contributed by atoms with E-state index in [9.17, 15) is 4.79 Å². The normalized spacial score (nSPS) is 9.27. The molecule has 1 N–H and O–H groups in total. The van der Waals surface area contributed by atoms with Crippen LogP contribution in [0.2, 0.25) is 0 Å². The Kier molecular flexibility index (Phi) is 2.87. The number of hydrogen-bond donors (Lipinski definition) is 1. The number of carbonyl (C=O) groups excluding carboxylic acids is 1. The SMILES string of the molecule is Cc1ccccc1NC(=O)I. The van der Waals surface area contributed by atoms with Gasteiger partial charge < -0.3 is 5.32 Å². The zero-order chi connectivity index (χ0) is 8.27. The number of rotatable bonds is 1. The molecule has 0 aliphatic carbocycles. The van der Waals surface area contributed by atoms with Crippen LogP contribution < -0.4 is 5.32 Å². The van der Waals surface area contributed by atoms with E-state index in [2.05, 4.69) is 5.32 Å². The molecule has 0 saturated heterocycles. The van der Waals surface area contributed by atoms with E-state index in [1.165, 1.54) is 0 Å². The van der Waals surface area contributed by atoms with Crippen molar-refractivity contribution in [3.8, 4) is 0 Å². The van der Waals surface area contributed by atoms with Crippen LogP contribution in [0.15, 0.2) is 24.3 Å². The van der Waals surface area contributed by atoms with Crippen LogP contribution in [-0.4, -0.2) is 3.91 Å². The van der Waals surface area contributed by atoms with Crippen LogP contribution in [0.5, 0.6) is 0 Å². The molecule has 0 spiro atoms. The molecule has 11 heavy (non-hydrogen) atoms. The van der Waals surface area contributed by atoms with Crippen LogP contribution in [0.3, 0.4) is 0 Å². The largest absolute Gasteiger partial charge is 0.317 e. The minimum absolute atomic E-state index is 0.0584. The zero-order valence-electron chi connectivity index (χ0n) is 6.10. The van der Waals surface area contributed by atoms with Crippen molar-refractivity contribution >= 4 is 32.2 Å². The van der Waals surface area contributed by atoms with Gasteiger partial charge in [0.05, 0.1) is 0 Å². The standard InChI is InChI=1S/C8H8INO/c1-6-4-2-3-5-7(6)10-8(9)11/h2-5H,1H3,(H,10,11). The Labute approximate surface area is 79.1 Å². The molecule has 0 aliphatic heterocycles. The number of halogens is 1. The van der Waals surface area contributed by atoms with Crippen LogP contribution in [-0.2, 0) is 0 Å². The molecule has 0 radical (unpaired) electrons. The van der Waals surface area contributed by atoms with E-state index in [1.807, 2.05) is 31.2 Å². The van der Waals surface area contributed by atoms with E-state index in [4.69, 9.17) is 0 Å². The highest BCUT2D eigenvalue weighted by Crippen LogP contribution is 2.13. The average molecular weight is 261 g/mol. The molecule has 0 bridgehead atoms. The second-order valence-corrected chi connectivity index (χ2v) is 3.19. The van der Waals surface area contributed by atoms with Gasteiger partial charge in [-0.15, -0.1) is 0 Å². The molecule has 0 aliphatic rings. The number of benzene rings is 1. The fraction of sp³-hybridized carbons (Fsp3) is 0.125. The highest BCUT2D eigenvalue weighted by atomic mass is 127. The lowest BCUT2D eigenvalue weighted by atomic mass is 10.2. The summed E-state index contributed by atoms with van der Waals surface area (Å²) in [4.78, 5) is 10.6. The highest BCUT2D eigenvalue weighted by Gasteiger charge is 1.97. The van der Waals surface area contributed by atoms with Gasteiger partial charge in [-0.05, 0) is 18.6 Å². The van der Waals surface area contributed by atoms with Crippen molar-refractivity contribution in [1.29, 1.82) is 0 Å². The van der Waals surface area contributed by atoms with E-state index >= 15 is 0 Å². The molecule has 0 aromatic heterocycles. The topological polar surface area (TPSA) is 29.1 Å². The van der Waals surface area contributed by atoms with Gasteiger partial charge in [0.25, 0.3) is 3.91 Å². The molecule has 1 rings (SSSR count). The van der Waals surface area contributed by atoms with Crippen LogP contribution >= 0.6 is 22.6 Å².